The molecule has 0 radical (unpaired) electrons. The largest absolute Gasteiger partial charge is 0.491 e. The summed E-state index contributed by atoms with van der Waals surface area (Å²) in [6.07, 6.45) is 8.93. The van der Waals surface area contributed by atoms with Crippen LogP contribution in [0.25, 0.3) is 5.57 Å². The van der Waals surface area contributed by atoms with Crippen LogP contribution in [0.4, 0.5) is 5.69 Å². The van der Waals surface area contributed by atoms with Crippen molar-refractivity contribution in [1.82, 2.24) is 9.47 Å². The van der Waals surface area contributed by atoms with Gasteiger partial charge in [-0.05, 0) is 25.0 Å². The van der Waals surface area contributed by atoms with Gasteiger partial charge in [0.15, 0.2) is 11.4 Å². The molecule has 1 atom stereocenters. The van der Waals surface area contributed by atoms with Crippen LogP contribution < -0.4 is 9.22 Å². The third-order valence-corrected chi connectivity index (χ3v) is 6.84. The van der Waals surface area contributed by atoms with E-state index in [1.807, 2.05) is 0 Å². The van der Waals surface area contributed by atoms with E-state index < -0.39 is 0 Å². The SMILES string of the molecule is COc1cccc2c1[N+](C)(C1CCCCC1)C=C2c1nc(CCl)cs1. The van der Waals surface area contributed by atoms with Gasteiger partial charge < -0.3 is 4.74 Å². The highest BCUT2D eigenvalue weighted by Crippen LogP contribution is 2.50. The summed E-state index contributed by atoms with van der Waals surface area (Å²) in [7, 11) is 4.11. The number of nitrogens with zero attached hydrogens (tertiary/aromatic N) is 2. The Morgan fingerprint density at radius 2 is 2.08 bits per heavy atom. The molecule has 132 valence electrons. The molecule has 1 unspecified atom stereocenters. The number of alkyl halides is 1. The second kappa shape index (κ2) is 6.75. The number of rotatable bonds is 4. The molecule has 0 spiro atoms. The van der Waals surface area contributed by atoms with Gasteiger partial charge in [-0.25, -0.2) is 4.98 Å². The molecule has 1 saturated carbocycles. The molecule has 25 heavy (non-hydrogen) atoms. The van der Waals surface area contributed by atoms with E-state index in [1.54, 1.807) is 18.4 Å². The standard InChI is InChI=1S/C20H24ClN2OS/c1-23(15-7-4-3-5-8-15)12-17(20-22-14(11-21)13-25-20)16-9-6-10-18(24-2)19(16)23/h6,9-10,12-13,15H,3-5,7-8,11H2,1-2H3/q+1. The monoisotopic (exact) mass is 375 g/mol. The average molecular weight is 376 g/mol. The number of hydrogen-bond acceptors (Lipinski definition) is 3. The van der Waals surface area contributed by atoms with Gasteiger partial charge in [0.25, 0.3) is 0 Å². The zero-order chi connectivity index (χ0) is 17.4. The zero-order valence-corrected chi connectivity index (χ0v) is 16.4. The van der Waals surface area contributed by atoms with Crippen molar-refractivity contribution in [2.75, 3.05) is 14.2 Å². The summed E-state index contributed by atoms with van der Waals surface area (Å²) in [6.45, 7) is 0. The number of thiazole rings is 1. The van der Waals surface area contributed by atoms with Crippen LogP contribution in [-0.4, -0.2) is 25.2 Å². The Bertz CT molecular complexity index is 810. The molecular formula is C20H24ClN2OS+. The Kier molecular flexibility index (Phi) is 4.61. The first-order valence-electron chi connectivity index (χ1n) is 8.95. The van der Waals surface area contributed by atoms with Crippen LogP contribution in [0, 0.1) is 0 Å². The lowest BCUT2D eigenvalue weighted by molar-refractivity contribution is 0.250. The van der Waals surface area contributed by atoms with E-state index in [2.05, 4.69) is 36.8 Å². The smallest absolute Gasteiger partial charge is 0.188 e. The van der Waals surface area contributed by atoms with Gasteiger partial charge in [-0.3, -0.25) is 4.48 Å². The second-order valence-electron chi connectivity index (χ2n) is 7.12. The lowest BCUT2D eigenvalue weighted by Crippen LogP contribution is -2.48. The minimum Gasteiger partial charge on any atom is -0.491 e. The summed E-state index contributed by atoms with van der Waals surface area (Å²) in [5.41, 5.74) is 4.71. The Labute approximate surface area is 158 Å². The molecule has 1 aliphatic carbocycles. The number of quaternary nitrogens is 1. The maximum atomic E-state index is 5.97. The van der Waals surface area contributed by atoms with E-state index >= 15 is 0 Å². The minimum atomic E-state index is 0.462. The molecule has 4 rings (SSSR count). The molecular weight excluding hydrogens is 352 g/mol. The summed E-state index contributed by atoms with van der Waals surface area (Å²) >= 11 is 7.65. The molecule has 0 saturated heterocycles. The first-order valence-corrected chi connectivity index (χ1v) is 10.4. The predicted octanol–water partition coefficient (Wildman–Crippen LogP) is 5.56. The van der Waals surface area contributed by atoms with E-state index in [0.29, 0.717) is 11.9 Å². The van der Waals surface area contributed by atoms with Gasteiger partial charge in [-0.1, -0.05) is 12.5 Å². The molecule has 0 amide bonds. The molecule has 1 aromatic carbocycles. The van der Waals surface area contributed by atoms with Crippen molar-refractivity contribution in [3.63, 3.8) is 0 Å². The number of fused-ring (bicyclic) bond motifs is 1. The number of ether oxygens (including phenoxy) is 1. The van der Waals surface area contributed by atoms with Gasteiger partial charge in [0.05, 0.1) is 42.9 Å². The molecule has 0 N–H and O–H groups in total. The molecule has 2 aliphatic rings. The summed E-state index contributed by atoms with van der Waals surface area (Å²) in [6, 6.07) is 6.98. The van der Waals surface area contributed by atoms with Crippen LogP contribution in [-0.2, 0) is 5.88 Å². The van der Waals surface area contributed by atoms with E-state index in [0.717, 1.165) is 20.9 Å². The van der Waals surface area contributed by atoms with E-state index in [-0.39, 0.29) is 0 Å². The summed E-state index contributed by atoms with van der Waals surface area (Å²) in [5.74, 6) is 1.44. The van der Waals surface area contributed by atoms with Gasteiger partial charge in [0.2, 0.25) is 0 Å². The van der Waals surface area contributed by atoms with Crippen molar-refractivity contribution in [2.45, 2.75) is 44.0 Å². The molecule has 2 heterocycles. The summed E-state index contributed by atoms with van der Waals surface area (Å²) < 4.78 is 6.59. The fourth-order valence-corrected chi connectivity index (χ4v) is 5.44. The third-order valence-electron chi connectivity index (χ3n) is 5.64. The van der Waals surface area contributed by atoms with E-state index in [9.17, 15) is 0 Å². The van der Waals surface area contributed by atoms with Gasteiger partial charge in [-0.2, -0.15) is 0 Å². The maximum Gasteiger partial charge on any atom is 0.188 e. The molecule has 5 heteroatoms. The van der Waals surface area contributed by atoms with Crippen LogP contribution >= 0.6 is 22.9 Å². The van der Waals surface area contributed by atoms with Crippen molar-refractivity contribution in [3.8, 4) is 5.75 Å². The lowest BCUT2D eigenvalue weighted by Gasteiger charge is -2.38. The molecule has 1 fully saturated rings. The third kappa shape index (κ3) is 2.80. The molecule has 0 bridgehead atoms. The Morgan fingerprint density at radius 1 is 1.28 bits per heavy atom. The number of methoxy groups -OCH3 is 1. The van der Waals surface area contributed by atoms with Crippen molar-refractivity contribution in [1.29, 1.82) is 0 Å². The molecule has 2 aromatic rings. The first-order chi connectivity index (χ1) is 12.2. The van der Waals surface area contributed by atoms with Gasteiger partial charge in [0.1, 0.15) is 11.2 Å². The van der Waals surface area contributed by atoms with E-state index in [1.165, 1.54) is 48.9 Å². The van der Waals surface area contributed by atoms with Crippen molar-refractivity contribution in [3.05, 3.63) is 46.0 Å². The normalized spacial score (nSPS) is 23.4. The number of aromatic nitrogens is 1. The predicted molar refractivity (Wildman–Crippen MR) is 106 cm³/mol. The van der Waals surface area contributed by atoms with Gasteiger partial charge >= 0.3 is 0 Å². The van der Waals surface area contributed by atoms with Crippen LogP contribution in [0.3, 0.4) is 0 Å². The number of para-hydroxylation sites is 1. The number of halogens is 1. The highest BCUT2D eigenvalue weighted by molar-refractivity contribution is 7.11. The zero-order valence-electron chi connectivity index (χ0n) is 14.8. The quantitative estimate of drug-likeness (QED) is 0.515. The Morgan fingerprint density at radius 3 is 2.76 bits per heavy atom. The fourth-order valence-electron chi connectivity index (χ4n) is 4.37. The fraction of sp³-hybridized carbons (Fsp3) is 0.450. The number of benzene rings is 1. The van der Waals surface area contributed by atoms with Gasteiger partial charge in [0, 0.05) is 18.2 Å². The van der Waals surface area contributed by atoms with Gasteiger partial charge in [-0.15, -0.1) is 22.9 Å². The first kappa shape index (κ1) is 17.1. The van der Waals surface area contributed by atoms with Crippen LogP contribution in [0.1, 0.15) is 48.4 Å². The average Bonchev–Trinajstić information content (AvgIpc) is 3.26. The van der Waals surface area contributed by atoms with Crippen LogP contribution in [0.5, 0.6) is 5.75 Å². The number of hydrogen-bond donors (Lipinski definition) is 0. The van der Waals surface area contributed by atoms with Crippen LogP contribution in [0.2, 0.25) is 0 Å². The molecule has 1 aromatic heterocycles. The summed E-state index contributed by atoms with van der Waals surface area (Å²) in [5, 5.41) is 3.12. The topological polar surface area (TPSA) is 22.1 Å². The molecule has 3 nitrogen and oxygen atoms in total. The summed E-state index contributed by atoms with van der Waals surface area (Å²) in [4.78, 5) is 4.74. The Balaban J connectivity index is 1.87. The van der Waals surface area contributed by atoms with E-state index in [4.69, 9.17) is 21.3 Å². The second-order valence-corrected chi connectivity index (χ2v) is 8.24. The van der Waals surface area contributed by atoms with Crippen LogP contribution in [0.15, 0.2) is 29.8 Å². The highest BCUT2D eigenvalue weighted by atomic mass is 35.5. The van der Waals surface area contributed by atoms with Crippen molar-refractivity contribution >= 4 is 34.2 Å². The minimum absolute atomic E-state index is 0.462. The van der Waals surface area contributed by atoms with Crippen molar-refractivity contribution < 1.29 is 4.74 Å². The lowest BCUT2D eigenvalue weighted by atomic mass is 9.92. The Hall–Kier alpha value is -1.36. The maximum absolute atomic E-state index is 5.97. The highest BCUT2D eigenvalue weighted by Gasteiger charge is 2.44. The van der Waals surface area contributed by atoms with Crippen molar-refractivity contribution in [2.24, 2.45) is 0 Å². The molecule has 1 aliphatic heterocycles.